The summed E-state index contributed by atoms with van der Waals surface area (Å²) in [4.78, 5) is 12.0. The van der Waals surface area contributed by atoms with E-state index in [1.54, 1.807) is 13.1 Å². The van der Waals surface area contributed by atoms with E-state index in [-0.39, 0.29) is 23.8 Å². The van der Waals surface area contributed by atoms with Crippen molar-refractivity contribution in [2.75, 3.05) is 0 Å². The molecule has 0 spiro atoms. The number of halogens is 2. The first-order valence-corrected chi connectivity index (χ1v) is 7.88. The first-order chi connectivity index (χ1) is 12.9. The quantitative estimate of drug-likeness (QED) is 0.528. The Morgan fingerprint density at radius 2 is 2.00 bits per heavy atom. The zero-order chi connectivity index (χ0) is 19.4. The van der Waals surface area contributed by atoms with Gasteiger partial charge in [-0.1, -0.05) is 0 Å². The number of ether oxygens (including phenoxy) is 1. The molecule has 3 aromatic rings. The second-order valence-corrected chi connectivity index (χ2v) is 5.58. The number of amides is 1. The maximum Gasteiger partial charge on any atom is 0.291 e. The normalized spacial score (nSPS) is 11.1. The fourth-order valence-electron chi connectivity index (χ4n) is 2.23. The number of rotatable bonds is 6. The van der Waals surface area contributed by atoms with E-state index < -0.39 is 11.9 Å². The summed E-state index contributed by atoms with van der Waals surface area (Å²) in [6.45, 7) is 1.68. The summed E-state index contributed by atoms with van der Waals surface area (Å²) in [7, 11) is 1.47. The largest absolute Gasteiger partial charge is 0.471 e. The van der Waals surface area contributed by atoms with Gasteiger partial charge in [0.1, 0.15) is 11.6 Å². The van der Waals surface area contributed by atoms with E-state index in [0.717, 1.165) is 4.68 Å². The SMILES string of the molecule is Cc1nn(C)c(F)c1/C=N\NC(=O)c1ccn(COc2ccc(F)cc2)n1. The molecule has 0 aliphatic carbocycles. The van der Waals surface area contributed by atoms with Crippen molar-refractivity contribution in [1.82, 2.24) is 25.0 Å². The van der Waals surface area contributed by atoms with Crippen LogP contribution in [0.1, 0.15) is 21.7 Å². The average Bonchev–Trinajstić information content (AvgIpc) is 3.21. The van der Waals surface area contributed by atoms with Crippen molar-refractivity contribution >= 4 is 12.1 Å². The third kappa shape index (κ3) is 4.35. The Labute approximate surface area is 153 Å². The highest BCUT2D eigenvalue weighted by atomic mass is 19.1. The first kappa shape index (κ1) is 18.2. The molecule has 0 atom stereocenters. The summed E-state index contributed by atoms with van der Waals surface area (Å²) in [5.74, 6) is -1.000. The van der Waals surface area contributed by atoms with Gasteiger partial charge in [-0.25, -0.2) is 19.2 Å². The van der Waals surface area contributed by atoms with Gasteiger partial charge in [-0.05, 0) is 37.3 Å². The van der Waals surface area contributed by atoms with Crippen LogP contribution in [-0.2, 0) is 13.8 Å². The third-order valence-corrected chi connectivity index (χ3v) is 3.61. The van der Waals surface area contributed by atoms with Crippen molar-refractivity contribution in [1.29, 1.82) is 0 Å². The lowest BCUT2D eigenvalue weighted by Gasteiger charge is -2.05. The average molecular weight is 374 g/mol. The molecule has 0 saturated carbocycles. The van der Waals surface area contributed by atoms with Gasteiger partial charge in [0, 0.05) is 13.2 Å². The zero-order valence-corrected chi connectivity index (χ0v) is 14.6. The molecule has 1 aromatic carbocycles. The molecule has 8 nitrogen and oxygen atoms in total. The Bertz CT molecular complexity index is 978. The second kappa shape index (κ2) is 7.77. The predicted molar refractivity (Wildman–Crippen MR) is 92.2 cm³/mol. The van der Waals surface area contributed by atoms with Gasteiger partial charge in [0.15, 0.2) is 12.4 Å². The summed E-state index contributed by atoms with van der Waals surface area (Å²) >= 11 is 0. The zero-order valence-electron chi connectivity index (χ0n) is 14.6. The van der Waals surface area contributed by atoms with Gasteiger partial charge >= 0.3 is 0 Å². The number of nitrogens with zero attached hydrogens (tertiary/aromatic N) is 5. The molecule has 27 heavy (non-hydrogen) atoms. The second-order valence-electron chi connectivity index (χ2n) is 5.58. The predicted octanol–water partition coefficient (Wildman–Crippen LogP) is 2.00. The number of nitrogens with one attached hydrogen (secondary N) is 1. The fraction of sp³-hybridized carbons (Fsp3) is 0.176. The number of aromatic nitrogens is 4. The highest BCUT2D eigenvalue weighted by molar-refractivity contribution is 5.93. The van der Waals surface area contributed by atoms with Gasteiger partial charge in [0.05, 0.1) is 17.5 Å². The number of hydrazone groups is 1. The molecular weight excluding hydrogens is 358 g/mol. The summed E-state index contributed by atoms with van der Waals surface area (Å²) in [5, 5.41) is 11.7. The molecule has 0 bridgehead atoms. The van der Waals surface area contributed by atoms with Crippen molar-refractivity contribution in [2.24, 2.45) is 12.1 Å². The Kier molecular flexibility index (Phi) is 5.25. The first-order valence-electron chi connectivity index (χ1n) is 7.88. The monoisotopic (exact) mass is 374 g/mol. The fourth-order valence-corrected chi connectivity index (χ4v) is 2.23. The molecule has 0 saturated heterocycles. The van der Waals surface area contributed by atoms with E-state index in [2.05, 4.69) is 20.7 Å². The molecule has 2 aromatic heterocycles. The van der Waals surface area contributed by atoms with E-state index in [4.69, 9.17) is 4.74 Å². The minimum Gasteiger partial charge on any atom is -0.471 e. The lowest BCUT2D eigenvalue weighted by molar-refractivity contribution is 0.0948. The van der Waals surface area contributed by atoms with Gasteiger partial charge in [-0.15, -0.1) is 0 Å². The highest BCUT2D eigenvalue weighted by Gasteiger charge is 2.12. The number of benzene rings is 1. The molecular formula is C17H16F2N6O2. The van der Waals surface area contributed by atoms with Crippen molar-refractivity contribution in [3.05, 3.63) is 65.2 Å². The van der Waals surface area contributed by atoms with Gasteiger partial charge in [-0.3, -0.25) is 4.79 Å². The molecule has 1 amide bonds. The molecule has 1 N–H and O–H groups in total. The van der Waals surface area contributed by atoms with E-state index in [1.807, 2.05) is 0 Å². The van der Waals surface area contributed by atoms with Crippen LogP contribution in [0.25, 0.3) is 0 Å². The van der Waals surface area contributed by atoms with Crippen LogP contribution in [0.5, 0.6) is 5.75 Å². The summed E-state index contributed by atoms with van der Waals surface area (Å²) < 4.78 is 34.5. The van der Waals surface area contributed by atoms with Crippen LogP contribution in [0.3, 0.4) is 0 Å². The standard InChI is InChI=1S/C17H16F2N6O2/c1-11-14(16(19)24(2)22-11)9-20-21-17(26)15-7-8-25(23-15)10-27-13-5-3-12(18)4-6-13/h3-9H,10H2,1-2H3,(H,21,26)/b20-9-. The van der Waals surface area contributed by atoms with Crippen LogP contribution in [0.4, 0.5) is 8.78 Å². The Morgan fingerprint density at radius 3 is 2.67 bits per heavy atom. The van der Waals surface area contributed by atoms with Gasteiger partial charge in [0.2, 0.25) is 5.95 Å². The maximum atomic E-state index is 13.8. The van der Waals surface area contributed by atoms with E-state index >= 15 is 0 Å². The maximum absolute atomic E-state index is 13.8. The van der Waals surface area contributed by atoms with Crippen LogP contribution in [0, 0.1) is 18.7 Å². The van der Waals surface area contributed by atoms with Crippen LogP contribution in [-0.4, -0.2) is 31.7 Å². The summed E-state index contributed by atoms with van der Waals surface area (Å²) in [6, 6.07) is 7.01. The molecule has 140 valence electrons. The molecule has 0 aliphatic heterocycles. The number of carbonyl (C=O) groups is 1. The van der Waals surface area contributed by atoms with Crippen LogP contribution in [0.2, 0.25) is 0 Å². The Hall–Kier alpha value is -3.56. The lowest BCUT2D eigenvalue weighted by atomic mass is 10.3. The number of hydrogen-bond acceptors (Lipinski definition) is 5. The Morgan fingerprint density at radius 1 is 1.26 bits per heavy atom. The van der Waals surface area contributed by atoms with Crippen LogP contribution in [0.15, 0.2) is 41.6 Å². The minimum atomic E-state index is -0.561. The molecule has 10 heteroatoms. The molecule has 0 radical (unpaired) electrons. The smallest absolute Gasteiger partial charge is 0.291 e. The van der Waals surface area contributed by atoms with E-state index in [9.17, 15) is 13.6 Å². The number of hydrogen-bond donors (Lipinski definition) is 1. The van der Waals surface area contributed by atoms with Crippen molar-refractivity contribution in [2.45, 2.75) is 13.7 Å². The summed E-state index contributed by atoms with van der Waals surface area (Å²) in [6.07, 6.45) is 2.73. The molecule has 0 unspecified atom stereocenters. The van der Waals surface area contributed by atoms with Crippen molar-refractivity contribution < 1.29 is 18.3 Å². The highest BCUT2D eigenvalue weighted by Crippen LogP contribution is 2.11. The molecule has 0 aliphatic rings. The molecule has 3 rings (SSSR count). The lowest BCUT2D eigenvalue weighted by Crippen LogP contribution is -2.19. The molecule has 0 fully saturated rings. The van der Waals surface area contributed by atoms with Crippen LogP contribution >= 0.6 is 0 Å². The van der Waals surface area contributed by atoms with E-state index in [0.29, 0.717) is 11.4 Å². The van der Waals surface area contributed by atoms with Crippen molar-refractivity contribution in [3.63, 3.8) is 0 Å². The van der Waals surface area contributed by atoms with Gasteiger partial charge in [-0.2, -0.15) is 19.7 Å². The number of aryl methyl sites for hydroxylation is 2. The molecule has 2 heterocycles. The topological polar surface area (TPSA) is 86.3 Å². The minimum absolute atomic E-state index is 0.0439. The number of carbonyl (C=O) groups excluding carboxylic acids is 1. The van der Waals surface area contributed by atoms with Gasteiger partial charge < -0.3 is 4.74 Å². The van der Waals surface area contributed by atoms with Crippen molar-refractivity contribution in [3.8, 4) is 5.75 Å². The van der Waals surface area contributed by atoms with E-state index in [1.165, 1.54) is 48.3 Å². The van der Waals surface area contributed by atoms with Crippen LogP contribution < -0.4 is 10.2 Å². The third-order valence-electron chi connectivity index (χ3n) is 3.61. The Balaban J connectivity index is 1.56. The van der Waals surface area contributed by atoms with Gasteiger partial charge in [0.25, 0.3) is 5.91 Å². The summed E-state index contributed by atoms with van der Waals surface area (Å²) in [5.41, 5.74) is 3.03.